The molecule has 0 aromatic rings. The molecule has 3 N–H and O–H groups in total. The summed E-state index contributed by atoms with van der Waals surface area (Å²) < 4.78 is 0. The van der Waals surface area contributed by atoms with E-state index in [0.717, 1.165) is 25.7 Å². The van der Waals surface area contributed by atoms with Gasteiger partial charge in [-0.2, -0.15) is 0 Å². The second-order valence-corrected chi connectivity index (χ2v) is 15.5. The van der Waals surface area contributed by atoms with E-state index >= 15 is 0 Å². The molecular formula is C45H89NO3. The summed E-state index contributed by atoms with van der Waals surface area (Å²) in [6.07, 6.45) is 51.8. The summed E-state index contributed by atoms with van der Waals surface area (Å²) in [4.78, 5) is 12.4. The van der Waals surface area contributed by atoms with Crippen molar-refractivity contribution in [2.45, 2.75) is 264 Å². The second kappa shape index (κ2) is 41.5. The van der Waals surface area contributed by atoms with Gasteiger partial charge in [0.25, 0.3) is 0 Å². The maximum absolute atomic E-state index is 12.4. The van der Waals surface area contributed by atoms with Gasteiger partial charge >= 0.3 is 0 Å². The second-order valence-electron chi connectivity index (χ2n) is 15.5. The predicted molar refractivity (Wildman–Crippen MR) is 216 cm³/mol. The van der Waals surface area contributed by atoms with Crippen LogP contribution in [0.5, 0.6) is 0 Å². The van der Waals surface area contributed by atoms with E-state index in [1.807, 2.05) is 6.08 Å². The number of rotatable bonds is 41. The van der Waals surface area contributed by atoms with Crippen molar-refractivity contribution in [2.75, 3.05) is 6.61 Å². The third-order valence-electron chi connectivity index (χ3n) is 10.5. The van der Waals surface area contributed by atoms with E-state index in [-0.39, 0.29) is 12.5 Å². The third-order valence-corrected chi connectivity index (χ3v) is 10.5. The van der Waals surface area contributed by atoms with Gasteiger partial charge in [-0.05, 0) is 19.3 Å². The van der Waals surface area contributed by atoms with E-state index in [1.54, 1.807) is 6.08 Å². The molecule has 2 atom stereocenters. The molecule has 0 unspecified atom stereocenters. The zero-order valence-corrected chi connectivity index (χ0v) is 33.5. The monoisotopic (exact) mass is 692 g/mol. The van der Waals surface area contributed by atoms with Crippen LogP contribution in [0.1, 0.15) is 251 Å². The minimum Gasteiger partial charge on any atom is -0.394 e. The smallest absolute Gasteiger partial charge is 0.220 e. The van der Waals surface area contributed by atoms with Gasteiger partial charge in [-0.25, -0.2) is 0 Å². The van der Waals surface area contributed by atoms with E-state index in [9.17, 15) is 15.0 Å². The first-order chi connectivity index (χ1) is 24.2. The van der Waals surface area contributed by atoms with Gasteiger partial charge in [-0.15, -0.1) is 0 Å². The average Bonchev–Trinajstić information content (AvgIpc) is 3.10. The molecule has 0 aromatic heterocycles. The molecule has 0 bridgehead atoms. The lowest BCUT2D eigenvalue weighted by molar-refractivity contribution is -0.123. The third kappa shape index (κ3) is 38.2. The van der Waals surface area contributed by atoms with Crippen molar-refractivity contribution < 1.29 is 15.0 Å². The van der Waals surface area contributed by atoms with Crippen molar-refractivity contribution in [3.8, 4) is 0 Å². The molecule has 1 amide bonds. The molecule has 49 heavy (non-hydrogen) atoms. The Balaban J connectivity index is 3.52. The Morgan fingerprint density at radius 2 is 0.755 bits per heavy atom. The van der Waals surface area contributed by atoms with Crippen molar-refractivity contribution in [3.05, 3.63) is 12.2 Å². The van der Waals surface area contributed by atoms with Crippen LogP contribution in [0.15, 0.2) is 12.2 Å². The number of aliphatic hydroxyl groups is 2. The molecule has 0 saturated heterocycles. The number of amides is 1. The number of unbranched alkanes of at least 4 members (excludes halogenated alkanes) is 34. The summed E-state index contributed by atoms with van der Waals surface area (Å²) in [6, 6.07) is -0.616. The summed E-state index contributed by atoms with van der Waals surface area (Å²) in [5.41, 5.74) is 0. The van der Waals surface area contributed by atoms with Gasteiger partial charge in [0.05, 0.1) is 18.8 Å². The molecule has 0 aliphatic carbocycles. The Morgan fingerprint density at radius 1 is 0.469 bits per heavy atom. The van der Waals surface area contributed by atoms with Crippen LogP contribution in [-0.4, -0.2) is 34.9 Å². The van der Waals surface area contributed by atoms with Crippen LogP contribution in [0.3, 0.4) is 0 Å². The average molecular weight is 692 g/mol. The molecule has 0 saturated carbocycles. The van der Waals surface area contributed by atoms with Crippen LogP contribution >= 0.6 is 0 Å². The van der Waals surface area contributed by atoms with Crippen molar-refractivity contribution in [3.63, 3.8) is 0 Å². The van der Waals surface area contributed by atoms with Gasteiger partial charge in [0.1, 0.15) is 0 Å². The standard InChI is InChI=1S/C45H89NO3/c1-3-5-7-9-11-13-15-17-19-21-22-23-25-27-29-31-33-35-37-39-41-45(49)46-43(42-47)44(48)40-38-36-34-32-30-28-26-24-20-18-16-14-12-10-8-6-4-2/h38,40,43-44,47-48H,3-37,39,41-42H2,1-2H3,(H,46,49)/b40-38+/t43-,44+/m0/s1. The van der Waals surface area contributed by atoms with E-state index < -0.39 is 12.1 Å². The van der Waals surface area contributed by atoms with Gasteiger partial charge in [-0.3, -0.25) is 4.79 Å². The predicted octanol–water partition coefficient (Wildman–Crippen LogP) is 13.9. The molecule has 0 aromatic carbocycles. The minimum atomic E-state index is -0.833. The topological polar surface area (TPSA) is 69.6 Å². The Kier molecular flexibility index (Phi) is 40.8. The first kappa shape index (κ1) is 48.1. The Hall–Kier alpha value is -0.870. The molecule has 0 heterocycles. The molecule has 4 heteroatoms. The van der Waals surface area contributed by atoms with Crippen molar-refractivity contribution in [2.24, 2.45) is 0 Å². The molecule has 292 valence electrons. The van der Waals surface area contributed by atoms with Crippen LogP contribution in [-0.2, 0) is 4.79 Å². The molecular weight excluding hydrogens is 602 g/mol. The lowest BCUT2D eigenvalue weighted by Crippen LogP contribution is -2.45. The number of hydrogen-bond donors (Lipinski definition) is 3. The maximum atomic E-state index is 12.4. The highest BCUT2D eigenvalue weighted by Crippen LogP contribution is 2.16. The molecule has 0 spiro atoms. The summed E-state index contributed by atoms with van der Waals surface area (Å²) in [7, 11) is 0. The molecule has 0 radical (unpaired) electrons. The number of hydrogen-bond acceptors (Lipinski definition) is 3. The summed E-state index contributed by atoms with van der Waals surface area (Å²) in [5.74, 6) is -0.0590. The fourth-order valence-corrected chi connectivity index (χ4v) is 7.06. The number of aliphatic hydroxyl groups excluding tert-OH is 2. The van der Waals surface area contributed by atoms with E-state index in [1.165, 1.54) is 205 Å². The summed E-state index contributed by atoms with van der Waals surface area (Å²) in [5, 5.41) is 23.0. The number of carbonyl (C=O) groups excluding carboxylic acids is 1. The molecule has 0 aliphatic heterocycles. The number of nitrogens with one attached hydrogen (secondary N) is 1. The van der Waals surface area contributed by atoms with Gasteiger partial charge < -0.3 is 15.5 Å². The van der Waals surface area contributed by atoms with Gasteiger partial charge in [-0.1, -0.05) is 238 Å². The van der Waals surface area contributed by atoms with E-state index in [4.69, 9.17) is 0 Å². The largest absolute Gasteiger partial charge is 0.394 e. The normalized spacial score (nSPS) is 13.0. The highest BCUT2D eigenvalue weighted by molar-refractivity contribution is 5.76. The lowest BCUT2D eigenvalue weighted by Gasteiger charge is -2.20. The minimum absolute atomic E-state index is 0.0590. The number of allylic oxidation sites excluding steroid dienone is 1. The summed E-state index contributed by atoms with van der Waals surface area (Å²) >= 11 is 0. The first-order valence-corrected chi connectivity index (χ1v) is 22.4. The molecule has 0 aliphatic rings. The molecule has 4 nitrogen and oxygen atoms in total. The highest BCUT2D eigenvalue weighted by Gasteiger charge is 2.17. The Labute approximate surface area is 307 Å². The van der Waals surface area contributed by atoms with Crippen molar-refractivity contribution in [1.29, 1.82) is 0 Å². The van der Waals surface area contributed by atoms with Gasteiger partial charge in [0.2, 0.25) is 5.91 Å². The van der Waals surface area contributed by atoms with Crippen LogP contribution in [0.2, 0.25) is 0 Å². The van der Waals surface area contributed by atoms with Crippen LogP contribution in [0, 0.1) is 0 Å². The van der Waals surface area contributed by atoms with Gasteiger partial charge in [0.15, 0.2) is 0 Å². The van der Waals surface area contributed by atoms with Crippen LogP contribution in [0.4, 0.5) is 0 Å². The zero-order valence-electron chi connectivity index (χ0n) is 33.5. The first-order valence-electron chi connectivity index (χ1n) is 22.4. The zero-order chi connectivity index (χ0) is 35.7. The van der Waals surface area contributed by atoms with Crippen molar-refractivity contribution >= 4 is 5.91 Å². The molecule has 0 rings (SSSR count). The van der Waals surface area contributed by atoms with Gasteiger partial charge in [0, 0.05) is 6.42 Å². The van der Waals surface area contributed by atoms with Crippen LogP contribution in [0.25, 0.3) is 0 Å². The van der Waals surface area contributed by atoms with Crippen LogP contribution < -0.4 is 5.32 Å². The maximum Gasteiger partial charge on any atom is 0.220 e. The van der Waals surface area contributed by atoms with E-state index in [2.05, 4.69) is 19.2 Å². The molecule has 0 fully saturated rings. The fraction of sp³-hybridized carbons (Fsp3) is 0.933. The SMILES string of the molecule is CCCCCCCCCCCCCCCCC/C=C/[C@@H](O)[C@H](CO)NC(=O)CCCCCCCCCCCCCCCCCCCCCC. The summed E-state index contributed by atoms with van der Waals surface area (Å²) in [6.45, 7) is 4.33. The Morgan fingerprint density at radius 3 is 1.06 bits per heavy atom. The van der Waals surface area contributed by atoms with Crippen molar-refractivity contribution in [1.82, 2.24) is 5.32 Å². The Bertz CT molecular complexity index is 666. The van der Waals surface area contributed by atoms with E-state index in [0.29, 0.717) is 6.42 Å². The number of carbonyl (C=O) groups is 1. The quantitative estimate of drug-likeness (QED) is 0.0441. The highest BCUT2D eigenvalue weighted by atomic mass is 16.3. The fourth-order valence-electron chi connectivity index (χ4n) is 7.06. The lowest BCUT2D eigenvalue weighted by atomic mass is 10.0.